The first-order valence-electron chi connectivity index (χ1n) is 5.82. The van der Waals surface area contributed by atoms with Gasteiger partial charge in [0.1, 0.15) is 0 Å². The van der Waals surface area contributed by atoms with Crippen LogP contribution in [0, 0.1) is 11.8 Å². The van der Waals surface area contributed by atoms with E-state index < -0.39 is 0 Å². The van der Waals surface area contributed by atoms with Gasteiger partial charge in [0, 0.05) is 17.9 Å². The van der Waals surface area contributed by atoms with Gasteiger partial charge in [-0.1, -0.05) is 43.6 Å². The van der Waals surface area contributed by atoms with Gasteiger partial charge in [-0.3, -0.25) is 0 Å². The summed E-state index contributed by atoms with van der Waals surface area (Å²) in [6, 6.07) is 0.760. The Morgan fingerprint density at radius 2 is 1.64 bits per heavy atom. The van der Waals surface area contributed by atoms with Gasteiger partial charge in [-0.15, -0.1) is 0 Å². The summed E-state index contributed by atoms with van der Waals surface area (Å²) >= 11 is 3.61. The van der Waals surface area contributed by atoms with Gasteiger partial charge in [0.15, 0.2) is 0 Å². The minimum absolute atomic E-state index is 0.760. The minimum Gasteiger partial charge on any atom is -0.303 e. The fraction of sp³-hybridized carbons (Fsp3) is 1.00. The van der Waals surface area contributed by atoms with Crippen molar-refractivity contribution in [2.45, 2.75) is 46.6 Å². The van der Waals surface area contributed by atoms with E-state index in [9.17, 15) is 0 Å². The lowest BCUT2D eigenvalue weighted by atomic mass is 9.96. The van der Waals surface area contributed by atoms with Crippen LogP contribution in [-0.2, 0) is 0 Å². The molecule has 0 fully saturated rings. The first kappa shape index (κ1) is 14.4. The molecule has 0 heterocycles. The highest BCUT2D eigenvalue weighted by Gasteiger charge is 2.17. The van der Waals surface area contributed by atoms with Gasteiger partial charge in [-0.25, -0.2) is 0 Å². The van der Waals surface area contributed by atoms with Crippen molar-refractivity contribution in [2.24, 2.45) is 11.8 Å². The van der Waals surface area contributed by atoms with Crippen LogP contribution in [-0.4, -0.2) is 29.9 Å². The van der Waals surface area contributed by atoms with E-state index >= 15 is 0 Å². The van der Waals surface area contributed by atoms with Crippen molar-refractivity contribution in [3.63, 3.8) is 0 Å². The molecule has 0 saturated carbocycles. The van der Waals surface area contributed by atoms with E-state index in [1.165, 1.54) is 19.4 Å². The van der Waals surface area contributed by atoms with Crippen molar-refractivity contribution >= 4 is 15.9 Å². The Bertz CT molecular complexity index is 132. The summed E-state index contributed by atoms with van der Waals surface area (Å²) in [6.45, 7) is 10.4. The van der Waals surface area contributed by atoms with Crippen LogP contribution in [0.2, 0.25) is 0 Å². The number of alkyl halides is 1. The number of hydrogen-bond donors (Lipinski definition) is 0. The van der Waals surface area contributed by atoms with E-state index in [-0.39, 0.29) is 0 Å². The largest absolute Gasteiger partial charge is 0.303 e. The van der Waals surface area contributed by atoms with Crippen LogP contribution >= 0.6 is 15.9 Å². The van der Waals surface area contributed by atoms with Crippen LogP contribution in [0.3, 0.4) is 0 Å². The third-order valence-corrected chi connectivity index (χ3v) is 4.06. The second kappa shape index (κ2) is 7.70. The zero-order chi connectivity index (χ0) is 11.1. The van der Waals surface area contributed by atoms with E-state index in [4.69, 9.17) is 0 Å². The highest BCUT2D eigenvalue weighted by molar-refractivity contribution is 9.09. The Hall–Kier alpha value is 0.440. The molecule has 1 nitrogen and oxygen atoms in total. The van der Waals surface area contributed by atoms with Gasteiger partial charge in [0.25, 0.3) is 0 Å². The molecule has 0 radical (unpaired) electrons. The number of rotatable bonds is 7. The van der Waals surface area contributed by atoms with Crippen LogP contribution in [0.15, 0.2) is 0 Å². The maximum Gasteiger partial charge on any atom is 0.00870 e. The summed E-state index contributed by atoms with van der Waals surface area (Å²) in [7, 11) is 2.26. The maximum absolute atomic E-state index is 3.61. The number of nitrogens with zero attached hydrogens (tertiary/aromatic N) is 1. The SMILES string of the molecule is CCC(CC)N(C)CC(CBr)C(C)C. The van der Waals surface area contributed by atoms with E-state index in [2.05, 4.69) is 55.6 Å². The molecule has 0 amide bonds. The topological polar surface area (TPSA) is 3.24 Å². The van der Waals surface area contributed by atoms with E-state index in [1.54, 1.807) is 0 Å². The Morgan fingerprint density at radius 3 is 1.93 bits per heavy atom. The smallest absolute Gasteiger partial charge is 0.00870 e. The standard InChI is InChI=1S/C12H26BrN/c1-6-12(7-2)14(5)9-11(8-13)10(3)4/h10-12H,6-9H2,1-5H3. The quantitative estimate of drug-likeness (QED) is 0.633. The molecule has 0 aliphatic heterocycles. The predicted octanol–water partition coefficient (Wildman–Crippen LogP) is 3.77. The molecular formula is C12H26BrN. The van der Waals surface area contributed by atoms with Crippen molar-refractivity contribution in [1.29, 1.82) is 0 Å². The molecule has 0 aliphatic rings. The summed E-state index contributed by atoms with van der Waals surface area (Å²) in [5, 5.41) is 1.12. The normalized spacial score (nSPS) is 14.4. The molecule has 0 aromatic rings. The molecule has 0 bridgehead atoms. The van der Waals surface area contributed by atoms with E-state index in [0.717, 1.165) is 23.2 Å². The van der Waals surface area contributed by atoms with Crippen LogP contribution in [0.4, 0.5) is 0 Å². The fourth-order valence-corrected chi connectivity index (χ4v) is 2.82. The Labute approximate surface area is 98.4 Å². The van der Waals surface area contributed by atoms with E-state index in [1.807, 2.05) is 0 Å². The van der Waals surface area contributed by atoms with Crippen LogP contribution < -0.4 is 0 Å². The van der Waals surface area contributed by atoms with Crippen LogP contribution in [0.25, 0.3) is 0 Å². The molecule has 0 rings (SSSR count). The van der Waals surface area contributed by atoms with Gasteiger partial charge >= 0.3 is 0 Å². The third-order valence-electron chi connectivity index (χ3n) is 3.23. The molecule has 1 atom stereocenters. The lowest BCUT2D eigenvalue weighted by molar-refractivity contribution is 0.184. The van der Waals surface area contributed by atoms with Crippen molar-refractivity contribution in [3.05, 3.63) is 0 Å². The van der Waals surface area contributed by atoms with Crippen molar-refractivity contribution < 1.29 is 0 Å². The highest BCUT2D eigenvalue weighted by atomic mass is 79.9. The molecule has 0 spiro atoms. The summed E-state index contributed by atoms with van der Waals surface area (Å²) in [5.41, 5.74) is 0. The molecule has 86 valence electrons. The van der Waals surface area contributed by atoms with Gasteiger partial charge in [-0.2, -0.15) is 0 Å². The van der Waals surface area contributed by atoms with Crippen LogP contribution in [0.5, 0.6) is 0 Å². The second-order valence-electron chi connectivity index (χ2n) is 4.57. The average Bonchev–Trinajstić information content (AvgIpc) is 2.15. The van der Waals surface area contributed by atoms with Crippen LogP contribution in [0.1, 0.15) is 40.5 Å². The molecule has 2 heteroatoms. The molecule has 1 unspecified atom stereocenters. The van der Waals surface area contributed by atoms with Crippen molar-refractivity contribution in [2.75, 3.05) is 18.9 Å². The first-order chi connectivity index (χ1) is 6.56. The molecule has 0 aromatic carbocycles. The second-order valence-corrected chi connectivity index (χ2v) is 5.22. The van der Waals surface area contributed by atoms with Crippen molar-refractivity contribution in [3.8, 4) is 0 Å². The first-order valence-corrected chi connectivity index (χ1v) is 6.95. The molecule has 0 aromatic heterocycles. The zero-order valence-corrected chi connectivity index (χ0v) is 12.0. The molecule has 0 saturated heterocycles. The molecular weight excluding hydrogens is 238 g/mol. The van der Waals surface area contributed by atoms with Gasteiger partial charge < -0.3 is 4.90 Å². The van der Waals surface area contributed by atoms with Gasteiger partial charge in [0.05, 0.1) is 0 Å². The fourth-order valence-electron chi connectivity index (χ4n) is 1.87. The highest BCUT2D eigenvalue weighted by Crippen LogP contribution is 2.17. The summed E-state index contributed by atoms with van der Waals surface area (Å²) < 4.78 is 0. The predicted molar refractivity (Wildman–Crippen MR) is 69.1 cm³/mol. The summed E-state index contributed by atoms with van der Waals surface area (Å²) in [4.78, 5) is 2.52. The van der Waals surface area contributed by atoms with Gasteiger partial charge in [0.2, 0.25) is 0 Å². The Balaban J connectivity index is 4.06. The average molecular weight is 264 g/mol. The lowest BCUT2D eigenvalue weighted by Gasteiger charge is -2.31. The lowest BCUT2D eigenvalue weighted by Crippen LogP contribution is -2.36. The zero-order valence-electron chi connectivity index (χ0n) is 10.4. The third kappa shape index (κ3) is 4.79. The molecule has 14 heavy (non-hydrogen) atoms. The minimum atomic E-state index is 0.760. The maximum atomic E-state index is 3.61. The monoisotopic (exact) mass is 263 g/mol. The van der Waals surface area contributed by atoms with E-state index in [0.29, 0.717) is 0 Å². The Kier molecular flexibility index (Phi) is 7.94. The number of halogens is 1. The van der Waals surface area contributed by atoms with Crippen molar-refractivity contribution in [1.82, 2.24) is 4.90 Å². The number of hydrogen-bond acceptors (Lipinski definition) is 1. The molecule has 0 aliphatic carbocycles. The Morgan fingerprint density at radius 1 is 1.14 bits per heavy atom. The molecule has 0 N–H and O–H groups in total. The summed E-state index contributed by atoms with van der Waals surface area (Å²) in [5.74, 6) is 1.55. The summed E-state index contributed by atoms with van der Waals surface area (Å²) in [6.07, 6.45) is 2.53. The van der Waals surface area contributed by atoms with Gasteiger partial charge in [-0.05, 0) is 31.7 Å².